The van der Waals surface area contributed by atoms with Gasteiger partial charge in [0.15, 0.2) is 0 Å². The molecule has 0 aliphatic heterocycles. The van der Waals surface area contributed by atoms with Crippen LogP contribution in [0, 0.1) is 0 Å². The van der Waals surface area contributed by atoms with Crippen molar-refractivity contribution in [3.63, 3.8) is 0 Å². The maximum Gasteiger partial charge on any atom is 0.330 e. The highest BCUT2D eigenvalue weighted by Crippen LogP contribution is 2.16. The molecule has 1 N–H and O–H groups in total. The van der Waals surface area contributed by atoms with Crippen molar-refractivity contribution in [2.24, 2.45) is 0 Å². The first-order valence-electron chi connectivity index (χ1n) is 7.93. The predicted octanol–water partition coefficient (Wildman–Crippen LogP) is 4.23. The number of carbonyl (C=O) groups is 1. The van der Waals surface area contributed by atoms with E-state index in [0.29, 0.717) is 13.2 Å². The number of unbranched alkanes of at least 4 members (excludes halogenated alkanes) is 6. The number of phenolic OH excluding ortho intramolecular Hbond substituents is 1. The molecule has 0 atom stereocenters. The Morgan fingerprint density at radius 3 is 2.09 bits per heavy atom. The molecule has 0 aromatic heterocycles. The summed E-state index contributed by atoms with van der Waals surface area (Å²) in [5.41, 5.74) is 0. The van der Waals surface area contributed by atoms with Gasteiger partial charge in [-0.2, -0.15) is 0 Å². The van der Waals surface area contributed by atoms with Gasteiger partial charge in [-0.05, 0) is 37.1 Å². The van der Waals surface area contributed by atoms with Gasteiger partial charge in [0.2, 0.25) is 0 Å². The van der Waals surface area contributed by atoms with E-state index in [1.54, 1.807) is 24.3 Å². The molecule has 0 heterocycles. The van der Waals surface area contributed by atoms with Crippen LogP contribution >= 0.6 is 0 Å². The van der Waals surface area contributed by atoms with E-state index in [1.807, 2.05) is 0 Å². The number of ether oxygens (including phenoxy) is 2. The van der Waals surface area contributed by atoms with Crippen LogP contribution < -0.4 is 4.74 Å². The van der Waals surface area contributed by atoms with Gasteiger partial charge in [0.1, 0.15) is 11.5 Å². The van der Waals surface area contributed by atoms with E-state index in [2.05, 4.69) is 6.58 Å². The fraction of sp³-hybridized carbons (Fsp3) is 0.500. The maximum atomic E-state index is 10.8. The maximum absolute atomic E-state index is 10.8. The zero-order valence-electron chi connectivity index (χ0n) is 13.1. The third-order valence-electron chi connectivity index (χ3n) is 3.31. The molecule has 0 saturated heterocycles. The number of carbonyl (C=O) groups excluding carboxylic acids is 1. The second kappa shape index (κ2) is 11.7. The average Bonchev–Trinajstić information content (AvgIpc) is 2.54. The smallest absolute Gasteiger partial charge is 0.330 e. The normalized spacial score (nSPS) is 10.2. The van der Waals surface area contributed by atoms with Crippen molar-refractivity contribution >= 4 is 5.97 Å². The first kappa shape index (κ1) is 18.1. The zero-order valence-corrected chi connectivity index (χ0v) is 13.1. The lowest BCUT2D eigenvalue weighted by Crippen LogP contribution is -2.01. The van der Waals surface area contributed by atoms with Crippen molar-refractivity contribution in [2.45, 2.75) is 44.9 Å². The van der Waals surface area contributed by atoms with Crippen LogP contribution in [0.1, 0.15) is 44.9 Å². The summed E-state index contributed by atoms with van der Waals surface area (Å²) in [5, 5.41) is 9.16. The summed E-state index contributed by atoms with van der Waals surface area (Å²) >= 11 is 0. The number of phenols is 1. The minimum Gasteiger partial charge on any atom is -0.508 e. The van der Waals surface area contributed by atoms with Crippen molar-refractivity contribution < 1.29 is 19.4 Å². The number of rotatable bonds is 12. The molecule has 0 spiro atoms. The lowest BCUT2D eigenvalue weighted by Gasteiger charge is -2.06. The average molecular weight is 306 g/mol. The van der Waals surface area contributed by atoms with E-state index in [0.717, 1.165) is 31.4 Å². The molecule has 4 heteroatoms. The third-order valence-corrected chi connectivity index (χ3v) is 3.31. The molecule has 1 aromatic rings. The van der Waals surface area contributed by atoms with E-state index in [4.69, 9.17) is 14.6 Å². The fourth-order valence-electron chi connectivity index (χ4n) is 2.05. The van der Waals surface area contributed by atoms with E-state index in [-0.39, 0.29) is 11.7 Å². The van der Waals surface area contributed by atoms with Crippen molar-refractivity contribution in [1.29, 1.82) is 0 Å². The molecule has 0 saturated carbocycles. The van der Waals surface area contributed by atoms with Gasteiger partial charge in [-0.15, -0.1) is 0 Å². The van der Waals surface area contributed by atoms with Gasteiger partial charge in [-0.25, -0.2) is 4.79 Å². The Balaban J connectivity index is 1.84. The SMILES string of the molecule is C=CC(=O)OCCCCCCCCCOc1ccc(O)cc1. The van der Waals surface area contributed by atoms with Gasteiger partial charge in [0, 0.05) is 6.08 Å². The van der Waals surface area contributed by atoms with Gasteiger partial charge in [0.05, 0.1) is 13.2 Å². The number of esters is 1. The van der Waals surface area contributed by atoms with E-state index in [9.17, 15) is 4.79 Å². The Morgan fingerprint density at radius 1 is 0.955 bits per heavy atom. The Labute approximate surface area is 132 Å². The van der Waals surface area contributed by atoms with Crippen molar-refractivity contribution in [3.8, 4) is 11.5 Å². The Kier molecular flexibility index (Phi) is 9.59. The quantitative estimate of drug-likeness (QED) is 0.357. The molecule has 22 heavy (non-hydrogen) atoms. The topological polar surface area (TPSA) is 55.8 Å². The predicted molar refractivity (Wildman–Crippen MR) is 87.1 cm³/mol. The molecule has 0 aliphatic rings. The van der Waals surface area contributed by atoms with E-state index < -0.39 is 0 Å². The minimum absolute atomic E-state index is 0.256. The number of hydrogen-bond donors (Lipinski definition) is 1. The second-order valence-corrected chi connectivity index (χ2v) is 5.19. The monoisotopic (exact) mass is 306 g/mol. The lowest BCUT2D eigenvalue weighted by atomic mass is 10.1. The lowest BCUT2D eigenvalue weighted by molar-refractivity contribution is -0.137. The van der Waals surface area contributed by atoms with Crippen LogP contribution in [-0.4, -0.2) is 24.3 Å². The molecule has 4 nitrogen and oxygen atoms in total. The van der Waals surface area contributed by atoms with Gasteiger partial charge in [-0.1, -0.05) is 38.7 Å². The summed E-state index contributed by atoms with van der Waals surface area (Å²) in [7, 11) is 0. The zero-order chi connectivity index (χ0) is 16.0. The fourth-order valence-corrected chi connectivity index (χ4v) is 2.05. The van der Waals surface area contributed by atoms with Gasteiger partial charge < -0.3 is 14.6 Å². The van der Waals surface area contributed by atoms with E-state index >= 15 is 0 Å². The van der Waals surface area contributed by atoms with Gasteiger partial charge >= 0.3 is 5.97 Å². The molecule has 0 radical (unpaired) electrons. The molecular formula is C18H26O4. The first-order valence-corrected chi connectivity index (χ1v) is 7.93. The molecular weight excluding hydrogens is 280 g/mol. The molecule has 122 valence electrons. The Bertz CT molecular complexity index is 425. The molecule has 0 fully saturated rings. The van der Waals surface area contributed by atoms with Crippen molar-refractivity contribution in [2.75, 3.05) is 13.2 Å². The number of hydrogen-bond acceptors (Lipinski definition) is 4. The highest BCUT2D eigenvalue weighted by molar-refractivity contribution is 5.81. The Morgan fingerprint density at radius 2 is 1.50 bits per heavy atom. The molecule has 0 amide bonds. The largest absolute Gasteiger partial charge is 0.508 e. The highest BCUT2D eigenvalue weighted by atomic mass is 16.5. The Hall–Kier alpha value is -1.97. The minimum atomic E-state index is -0.339. The van der Waals surface area contributed by atoms with Crippen LogP contribution in [0.5, 0.6) is 11.5 Å². The summed E-state index contributed by atoms with van der Waals surface area (Å²) in [6.45, 7) is 4.55. The molecule has 0 aliphatic carbocycles. The molecule has 1 rings (SSSR count). The van der Waals surface area contributed by atoms with Gasteiger partial charge in [-0.3, -0.25) is 0 Å². The van der Waals surface area contributed by atoms with Crippen LogP contribution in [0.2, 0.25) is 0 Å². The summed E-state index contributed by atoms with van der Waals surface area (Å²) in [5.74, 6) is 0.715. The molecule has 0 bridgehead atoms. The summed E-state index contributed by atoms with van der Waals surface area (Å²) in [6.07, 6.45) is 8.98. The summed E-state index contributed by atoms with van der Waals surface area (Å²) in [4.78, 5) is 10.8. The standard InChI is InChI=1S/C18H26O4/c1-2-18(20)22-15-9-7-5-3-4-6-8-14-21-17-12-10-16(19)11-13-17/h2,10-13,19H,1,3-9,14-15H2. The summed E-state index contributed by atoms with van der Waals surface area (Å²) < 4.78 is 10.5. The third kappa shape index (κ3) is 9.06. The summed E-state index contributed by atoms with van der Waals surface area (Å²) in [6, 6.07) is 6.80. The number of aromatic hydroxyl groups is 1. The van der Waals surface area contributed by atoms with Crippen LogP contribution in [0.25, 0.3) is 0 Å². The van der Waals surface area contributed by atoms with E-state index in [1.165, 1.54) is 25.3 Å². The molecule has 0 unspecified atom stereocenters. The van der Waals surface area contributed by atoms with Crippen molar-refractivity contribution in [3.05, 3.63) is 36.9 Å². The van der Waals surface area contributed by atoms with Crippen molar-refractivity contribution in [1.82, 2.24) is 0 Å². The second-order valence-electron chi connectivity index (χ2n) is 5.19. The molecule has 1 aromatic carbocycles. The van der Waals surface area contributed by atoms with Crippen LogP contribution in [0.3, 0.4) is 0 Å². The van der Waals surface area contributed by atoms with Gasteiger partial charge in [0.25, 0.3) is 0 Å². The first-order chi connectivity index (χ1) is 10.7. The van der Waals surface area contributed by atoms with Crippen LogP contribution in [0.15, 0.2) is 36.9 Å². The highest BCUT2D eigenvalue weighted by Gasteiger charge is 1.97. The van der Waals surface area contributed by atoms with Crippen LogP contribution in [-0.2, 0) is 9.53 Å². The number of benzene rings is 1. The van der Waals surface area contributed by atoms with Crippen LogP contribution in [0.4, 0.5) is 0 Å².